The summed E-state index contributed by atoms with van der Waals surface area (Å²) < 4.78 is 5.83. The van der Waals surface area contributed by atoms with E-state index in [1.54, 1.807) is 0 Å². The van der Waals surface area contributed by atoms with E-state index in [9.17, 15) is 0 Å². The van der Waals surface area contributed by atoms with Crippen molar-refractivity contribution < 1.29 is 4.74 Å². The maximum absolute atomic E-state index is 5.83. The van der Waals surface area contributed by atoms with Crippen LogP contribution in [-0.2, 0) is 4.74 Å². The van der Waals surface area contributed by atoms with Gasteiger partial charge in [-0.25, -0.2) is 0 Å². The lowest BCUT2D eigenvalue weighted by Crippen LogP contribution is -2.48. The second kappa shape index (κ2) is 6.91. The third-order valence-corrected chi connectivity index (χ3v) is 5.22. The van der Waals surface area contributed by atoms with Crippen molar-refractivity contribution in [3.63, 3.8) is 0 Å². The molecule has 1 unspecified atom stereocenters. The van der Waals surface area contributed by atoms with Crippen LogP contribution in [0.4, 0.5) is 0 Å². The Balaban J connectivity index is 1.93. The third-order valence-electron chi connectivity index (χ3n) is 5.22. The molecule has 2 saturated carbocycles. The highest BCUT2D eigenvalue weighted by molar-refractivity contribution is 4.95. The first-order chi connectivity index (χ1) is 8.79. The van der Waals surface area contributed by atoms with Crippen LogP contribution >= 0.6 is 0 Å². The zero-order chi connectivity index (χ0) is 12.8. The van der Waals surface area contributed by atoms with Crippen molar-refractivity contribution in [1.82, 2.24) is 5.32 Å². The van der Waals surface area contributed by atoms with E-state index in [0.29, 0.717) is 6.04 Å². The van der Waals surface area contributed by atoms with Gasteiger partial charge in [0.1, 0.15) is 0 Å². The number of hydrogen-bond donors (Lipinski definition) is 1. The predicted octanol–water partition coefficient (Wildman–Crippen LogP) is 3.89. The fourth-order valence-electron chi connectivity index (χ4n) is 3.84. The number of rotatable bonds is 6. The number of nitrogens with one attached hydrogen (secondary N) is 1. The van der Waals surface area contributed by atoms with E-state index < -0.39 is 0 Å². The summed E-state index contributed by atoms with van der Waals surface area (Å²) in [6, 6.07) is 0.688. The highest BCUT2D eigenvalue weighted by Gasteiger charge is 2.40. The molecule has 106 valence electrons. The van der Waals surface area contributed by atoms with Crippen LogP contribution in [0.25, 0.3) is 0 Å². The molecule has 0 spiro atoms. The molecule has 18 heavy (non-hydrogen) atoms. The third kappa shape index (κ3) is 3.48. The van der Waals surface area contributed by atoms with Crippen LogP contribution in [-0.4, -0.2) is 25.3 Å². The summed E-state index contributed by atoms with van der Waals surface area (Å²) in [5.74, 6) is 0.889. The van der Waals surface area contributed by atoms with Gasteiger partial charge in [-0.05, 0) is 51.0 Å². The van der Waals surface area contributed by atoms with Gasteiger partial charge in [0.25, 0.3) is 0 Å². The molecule has 0 aliphatic heterocycles. The van der Waals surface area contributed by atoms with E-state index in [1.165, 1.54) is 64.2 Å². The molecule has 0 saturated heterocycles. The van der Waals surface area contributed by atoms with Crippen LogP contribution in [0.1, 0.15) is 71.1 Å². The molecule has 2 rings (SSSR count). The van der Waals surface area contributed by atoms with Crippen LogP contribution in [0, 0.1) is 5.92 Å². The van der Waals surface area contributed by atoms with Crippen molar-refractivity contribution in [2.45, 2.75) is 82.8 Å². The van der Waals surface area contributed by atoms with Gasteiger partial charge in [0, 0.05) is 13.2 Å². The summed E-state index contributed by atoms with van der Waals surface area (Å²) in [6.45, 7) is 3.34. The second-order valence-corrected chi connectivity index (χ2v) is 6.36. The quantitative estimate of drug-likeness (QED) is 0.725. The average molecular weight is 253 g/mol. The Morgan fingerprint density at radius 2 is 1.78 bits per heavy atom. The second-order valence-electron chi connectivity index (χ2n) is 6.36. The van der Waals surface area contributed by atoms with Gasteiger partial charge in [0.15, 0.2) is 0 Å². The Morgan fingerprint density at radius 3 is 2.22 bits per heavy atom. The van der Waals surface area contributed by atoms with Crippen LogP contribution in [0.5, 0.6) is 0 Å². The van der Waals surface area contributed by atoms with Gasteiger partial charge >= 0.3 is 0 Å². The Hall–Kier alpha value is -0.0800. The monoisotopic (exact) mass is 253 g/mol. The maximum atomic E-state index is 5.83. The molecule has 1 atom stereocenters. The summed E-state index contributed by atoms with van der Waals surface area (Å²) in [5, 5.41) is 3.76. The van der Waals surface area contributed by atoms with E-state index >= 15 is 0 Å². The zero-order valence-corrected chi connectivity index (χ0v) is 12.3. The molecule has 2 fully saturated rings. The number of methoxy groups -OCH3 is 1. The first kappa shape index (κ1) is 14.3. The van der Waals surface area contributed by atoms with Crippen LogP contribution in [0.15, 0.2) is 0 Å². The van der Waals surface area contributed by atoms with E-state index in [1.807, 2.05) is 7.11 Å². The van der Waals surface area contributed by atoms with Crippen molar-refractivity contribution in [3.8, 4) is 0 Å². The van der Waals surface area contributed by atoms with Gasteiger partial charge < -0.3 is 10.1 Å². The van der Waals surface area contributed by atoms with E-state index in [2.05, 4.69) is 12.2 Å². The Bertz CT molecular complexity index is 224. The molecular formula is C16H31NO. The van der Waals surface area contributed by atoms with E-state index in [0.717, 1.165) is 12.5 Å². The topological polar surface area (TPSA) is 21.3 Å². The minimum Gasteiger partial charge on any atom is -0.378 e. The molecule has 2 aliphatic rings. The molecule has 0 heterocycles. The number of ether oxygens (including phenoxy) is 1. The molecule has 0 aromatic carbocycles. The normalized spacial score (nSPS) is 26.3. The van der Waals surface area contributed by atoms with Crippen molar-refractivity contribution in [2.75, 3.05) is 13.7 Å². The SMILES string of the molecule is CCNC(CC1(OC)CCC1)C1CCCCCC1. The first-order valence-electron chi connectivity index (χ1n) is 8.08. The van der Waals surface area contributed by atoms with E-state index in [-0.39, 0.29) is 5.60 Å². The minimum atomic E-state index is 0.221. The minimum absolute atomic E-state index is 0.221. The average Bonchev–Trinajstić information content (AvgIpc) is 2.61. The largest absolute Gasteiger partial charge is 0.378 e. The molecular weight excluding hydrogens is 222 g/mol. The predicted molar refractivity (Wildman–Crippen MR) is 76.9 cm³/mol. The van der Waals surface area contributed by atoms with Gasteiger partial charge in [-0.1, -0.05) is 32.6 Å². The van der Waals surface area contributed by atoms with Crippen LogP contribution in [0.3, 0.4) is 0 Å². The van der Waals surface area contributed by atoms with Crippen molar-refractivity contribution in [2.24, 2.45) is 5.92 Å². The number of hydrogen-bond acceptors (Lipinski definition) is 2. The summed E-state index contributed by atoms with van der Waals surface area (Å²) in [4.78, 5) is 0. The van der Waals surface area contributed by atoms with Crippen molar-refractivity contribution >= 4 is 0 Å². The lowest BCUT2D eigenvalue weighted by atomic mass is 9.72. The molecule has 0 radical (unpaired) electrons. The Morgan fingerprint density at radius 1 is 1.11 bits per heavy atom. The fourth-order valence-corrected chi connectivity index (χ4v) is 3.84. The van der Waals surface area contributed by atoms with Crippen LogP contribution in [0.2, 0.25) is 0 Å². The van der Waals surface area contributed by atoms with Crippen molar-refractivity contribution in [1.29, 1.82) is 0 Å². The molecule has 0 aromatic heterocycles. The first-order valence-corrected chi connectivity index (χ1v) is 8.08. The summed E-state index contributed by atoms with van der Waals surface area (Å²) in [6.07, 6.45) is 13.8. The van der Waals surface area contributed by atoms with Gasteiger partial charge in [0.2, 0.25) is 0 Å². The molecule has 1 N–H and O–H groups in total. The maximum Gasteiger partial charge on any atom is 0.0693 e. The fraction of sp³-hybridized carbons (Fsp3) is 1.00. The summed E-state index contributed by atoms with van der Waals surface area (Å²) in [5.41, 5.74) is 0.221. The molecule has 0 aromatic rings. The highest BCUT2D eigenvalue weighted by atomic mass is 16.5. The van der Waals surface area contributed by atoms with Gasteiger partial charge in [-0.3, -0.25) is 0 Å². The molecule has 2 heteroatoms. The van der Waals surface area contributed by atoms with Crippen LogP contribution < -0.4 is 5.32 Å². The smallest absolute Gasteiger partial charge is 0.0693 e. The highest BCUT2D eigenvalue weighted by Crippen LogP contribution is 2.41. The standard InChI is InChI=1S/C16H31NO/c1-3-17-15(13-16(18-2)11-8-12-16)14-9-6-4-5-7-10-14/h14-15,17H,3-13H2,1-2H3. The summed E-state index contributed by atoms with van der Waals surface area (Å²) in [7, 11) is 1.91. The van der Waals surface area contributed by atoms with Gasteiger partial charge in [-0.2, -0.15) is 0 Å². The molecule has 0 amide bonds. The molecule has 2 nitrogen and oxygen atoms in total. The Kier molecular flexibility index (Phi) is 5.50. The lowest BCUT2D eigenvalue weighted by molar-refractivity contribution is -0.0872. The van der Waals surface area contributed by atoms with Crippen molar-refractivity contribution in [3.05, 3.63) is 0 Å². The summed E-state index contributed by atoms with van der Waals surface area (Å²) >= 11 is 0. The van der Waals surface area contributed by atoms with Gasteiger partial charge in [-0.15, -0.1) is 0 Å². The van der Waals surface area contributed by atoms with Gasteiger partial charge in [0.05, 0.1) is 5.60 Å². The Labute approximate surface area is 113 Å². The van der Waals surface area contributed by atoms with E-state index in [4.69, 9.17) is 4.74 Å². The lowest BCUT2D eigenvalue weighted by Gasteiger charge is -2.44. The molecule has 2 aliphatic carbocycles. The molecule has 0 bridgehead atoms. The zero-order valence-electron chi connectivity index (χ0n) is 12.3.